The molecule has 5 nitrogen and oxygen atoms in total. The Morgan fingerprint density at radius 1 is 0.935 bits per heavy atom. The zero-order valence-corrected chi connectivity index (χ0v) is 16.0. The average Bonchev–Trinajstić information content (AvgIpc) is 3.20. The van der Waals surface area contributed by atoms with Crippen LogP contribution >= 0.6 is 0 Å². The molecular formula is C20H16F6N2O3. The lowest BCUT2D eigenvalue weighted by Gasteiger charge is -2.07. The number of alkyl halides is 6. The minimum atomic E-state index is -4.38. The van der Waals surface area contributed by atoms with Crippen molar-refractivity contribution in [2.75, 3.05) is 7.11 Å². The van der Waals surface area contributed by atoms with Gasteiger partial charge >= 0.3 is 18.3 Å². The van der Waals surface area contributed by atoms with Gasteiger partial charge in [-0.2, -0.15) is 26.3 Å². The van der Waals surface area contributed by atoms with Crippen LogP contribution < -0.4 is 0 Å². The van der Waals surface area contributed by atoms with Gasteiger partial charge in [0.1, 0.15) is 0 Å². The normalized spacial score (nSPS) is 11.5. The van der Waals surface area contributed by atoms with Crippen molar-refractivity contribution in [2.45, 2.75) is 25.2 Å². The Kier molecular flexibility index (Phi) is 7.78. The van der Waals surface area contributed by atoms with E-state index in [0.717, 1.165) is 30.7 Å². The highest BCUT2D eigenvalue weighted by Gasteiger charge is 2.31. The fraction of sp³-hybridized carbons (Fsp3) is 0.250. The summed E-state index contributed by atoms with van der Waals surface area (Å²) >= 11 is 0. The number of carbonyl (C=O) groups excluding carboxylic acids is 1. The molecule has 166 valence electrons. The minimum absolute atomic E-state index is 0.152. The number of benzene rings is 2. The number of esters is 1. The van der Waals surface area contributed by atoms with Gasteiger partial charge in [0.05, 0.1) is 31.1 Å². The molecule has 0 unspecified atom stereocenters. The van der Waals surface area contributed by atoms with Gasteiger partial charge in [-0.05, 0) is 23.3 Å². The SMILES string of the molecule is COC(=O)Cc1cccc(C(F)(F)F)c1.FC(F)(F)c1cccc(Cc2nnco2)c1. The van der Waals surface area contributed by atoms with Crippen molar-refractivity contribution in [3.05, 3.63) is 83.1 Å². The molecule has 3 aromatic rings. The summed E-state index contributed by atoms with van der Waals surface area (Å²) in [6, 6.07) is 9.65. The van der Waals surface area contributed by atoms with Gasteiger partial charge in [0.25, 0.3) is 0 Å². The van der Waals surface area contributed by atoms with Crippen LogP contribution in [0.3, 0.4) is 0 Å². The summed E-state index contributed by atoms with van der Waals surface area (Å²) < 4.78 is 83.2. The van der Waals surface area contributed by atoms with Crippen LogP contribution in [0.15, 0.2) is 59.3 Å². The maximum absolute atomic E-state index is 12.4. The van der Waals surface area contributed by atoms with Gasteiger partial charge in [-0.1, -0.05) is 36.4 Å². The van der Waals surface area contributed by atoms with Gasteiger partial charge < -0.3 is 9.15 Å². The molecule has 0 aliphatic rings. The van der Waals surface area contributed by atoms with E-state index in [9.17, 15) is 31.1 Å². The number of halogens is 6. The van der Waals surface area contributed by atoms with Gasteiger partial charge in [-0.3, -0.25) is 4.79 Å². The summed E-state index contributed by atoms with van der Waals surface area (Å²) in [6.07, 6.45) is -7.52. The first kappa shape index (κ1) is 23.9. The van der Waals surface area contributed by atoms with Crippen molar-refractivity contribution < 1.29 is 40.3 Å². The van der Waals surface area contributed by atoms with Crippen LogP contribution in [0.2, 0.25) is 0 Å². The average molecular weight is 446 g/mol. The second-order valence-corrected chi connectivity index (χ2v) is 6.16. The van der Waals surface area contributed by atoms with Crippen molar-refractivity contribution in [3.8, 4) is 0 Å². The van der Waals surface area contributed by atoms with E-state index in [4.69, 9.17) is 4.42 Å². The summed E-state index contributed by atoms with van der Waals surface area (Å²) in [4.78, 5) is 10.8. The highest BCUT2D eigenvalue weighted by atomic mass is 19.4. The molecule has 0 radical (unpaired) electrons. The van der Waals surface area contributed by atoms with Crippen LogP contribution in [0.1, 0.15) is 28.1 Å². The second kappa shape index (κ2) is 10.1. The summed E-state index contributed by atoms with van der Waals surface area (Å²) in [7, 11) is 1.19. The highest BCUT2D eigenvalue weighted by Crippen LogP contribution is 2.30. The van der Waals surface area contributed by atoms with E-state index in [1.807, 2.05) is 0 Å². The Balaban J connectivity index is 0.000000221. The lowest BCUT2D eigenvalue weighted by atomic mass is 10.1. The molecule has 1 aromatic heterocycles. The van der Waals surface area contributed by atoms with Gasteiger partial charge in [-0.25, -0.2) is 0 Å². The molecule has 0 spiro atoms. The van der Waals surface area contributed by atoms with E-state index in [1.54, 1.807) is 6.07 Å². The Labute approximate surface area is 172 Å². The first-order valence-electron chi connectivity index (χ1n) is 8.63. The standard InChI is InChI=1S/C10H7F3N2O.C10H9F3O2/c11-10(12,13)8-3-1-2-7(4-8)5-9-15-14-6-16-9;1-15-9(14)6-7-3-2-4-8(5-7)10(11,12)13/h1-4,6H,5H2;2-5H,6H2,1H3. The number of aromatic nitrogens is 2. The maximum atomic E-state index is 12.4. The topological polar surface area (TPSA) is 65.2 Å². The zero-order valence-electron chi connectivity index (χ0n) is 16.0. The molecule has 0 saturated carbocycles. The Hall–Kier alpha value is -3.37. The maximum Gasteiger partial charge on any atom is 0.416 e. The molecule has 0 amide bonds. The molecule has 0 N–H and O–H groups in total. The molecule has 1 heterocycles. The number of methoxy groups -OCH3 is 1. The molecule has 2 aromatic carbocycles. The number of carbonyl (C=O) groups is 1. The fourth-order valence-corrected chi connectivity index (χ4v) is 2.40. The Morgan fingerprint density at radius 2 is 1.48 bits per heavy atom. The predicted molar refractivity (Wildman–Crippen MR) is 95.7 cm³/mol. The molecule has 11 heteroatoms. The number of hydrogen-bond donors (Lipinski definition) is 0. The Morgan fingerprint density at radius 3 is 1.97 bits per heavy atom. The van der Waals surface area contributed by atoms with Crippen molar-refractivity contribution in [2.24, 2.45) is 0 Å². The van der Waals surface area contributed by atoms with Gasteiger partial charge in [0.2, 0.25) is 12.3 Å². The van der Waals surface area contributed by atoms with E-state index in [-0.39, 0.29) is 18.4 Å². The van der Waals surface area contributed by atoms with Crippen LogP contribution in [0.5, 0.6) is 0 Å². The number of hydrogen-bond acceptors (Lipinski definition) is 5. The van der Waals surface area contributed by atoms with Crippen LogP contribution in [0.4, 0.5) is 26.3 Å². The zero-order chi connectivity index (χ0) is 23.1. The van der Waals surface area contributed by atoms with Gasteiger partial charge in [-0.15, -0.1) is 10.2 Å². The van der Waals surface area contributed by atoms with Gasteiger partial charge in [0.15, 0.2) is 0 Å². The lowest BCUT2D eigenvalue weighted by molar-refractivity contribution is -0.140. The Bertz CT molecular complexity index is 985. The summed E-state index contributed by atoms with van der Waals surface area (Å²) in [6.45, 7) is 0. The van der Waals surface area contributed by atoms with E-state index in [1.165, 1.54) is 25.3 Å². The van der Waals surface area contributed by atoms with Gasteiger partial charge in [0, 0.05) is 0 Å². The number of rotatable bonds is 4. The van der Waals surface area contributed by atoms with Crippen LogP contribution in [0, 0.1) is 0 Å². The van der Waals surface area contributed by atoms with E-state index >= 15 is 0 Å². The largest absolute Gasteiger partial charge is 0.469 e. The van der Waals surface area contributed by atoms with Crippen LogP contribution in [-0.2, 0) is 34.7 Å². The van der Waals surface area contributed by atoms with E-state index < -0.39 is 29.4 Å². The smallest absolute Gasteiger partial charge is 0.416 e. The third kappa shape index (κ3) is 7.76. The molecule has 0 atom stereocenters. The van der Waals surface area contributed by atoms with E-state index in [0.29, 0.717) is 11.5 Å². The third-order valence-electron chi connectivity index (χ3n) is 3.85. The summed E-state index contributed by atoms with van der Waals surface area (Å²) in [5, 5.41) is 7.06. The molecule has 0 fully saturated rings. The number of nitrogens with zero attached hydrogens (tertiary/aromatic N) is 2. The first-order chi connectivity index (χ1) is 14.5. The fourth-order valence-electron chi connectivity index (χ4n) is 2.40. The first-order valence-corrected chi connectivity index (χ1v) is 8.63. The van der Waals surface area contributed by atoms with Crippen molar-refractivity contribution in [3.63, 3.8) is 0 Å². The molecule has 31 heavy (non-hydrogen) atoms. The molecular weight excluding hydrogens is 430 g/mol. The molecule has 3 rings (SSSR count). The number of ether oxygens (including phenoxy) is 1. The molecule has 0 aliphatic heterocycles. The van der Waals surface area contributed by atoms with E-state index in [2.05, 4.69) is 14.9 Å². The second-order valence-electron chi connectivity index (χ2n) is 6.16. The van der Waals surface area contributed by atoms with Crippen molar-refractivity contribution >= 4 is 5.97 Å². The highest BCUT2D eigenvalue weighted by molar-refractivity contribution is 5.72. The quantitative estimate of drug-likeness (QED) is 0.412. The summed E-state index contributed by atoms with van der Waals surface area (Å²) in [5.74, 6) is -0.270. The predicted octanol–water partition coefficient (Wildman–Crippen LogP) is 5.10. The third-order valence-corrected chi connectivity index (χ3v) is 3.85. The lowest BCUT2D eigenvalue weighted by Crippen LogP contribution is -2.08. The van der Waals surface area contributed by atoms with Crippen molar-refractivity contribution in [1.29, 1.82) is 0 Å². The molecule has 0 aliphatic carbocycles. The summed E-state index contributed by atoms with van der Waals surface area (Å²) in [5.41, 5.74) is -0.663. The van der Waals surface area contributed by atoms with Crippen LogP contribution in [0.25, 0.3) is 0 Å². The minimum Gasteiger partial charge on any atom is -0.469 e. The monoisotopic (exact) mass is 446 g/mol. The van der Waals surface area contributed by atoms with Crippen LogP contribution in [-0.4, -0.2) is 23.3 Å². The molecule has 0 bridgehead atoms. The van der Waals surface area contributed by atoms with Crippen molar-refractivity contribution in [1.82, 2.24) is 10.2 Å². The molecule has 0 saturated heterocycles.